The first kappa shape index (κ1) is 12.4. The number of hydrogen-bond donors (Lipinski definition) is 1. The first-order chi connectivity index (χ1) is 7.85. The van der Waals surface area contributed by atoms with Gasteiger partial charge in [-0.15, -0.1) is 0 Å². The van der Waals surface area contributed by atoms with Crippen LogP contribution in [0, 0.1) is 5.92 Å². The molecule has 0 aromatic rings. The molecule has 2 unspecified atom stereocenters. The van der Waals surface area contributed by atoms with Crippen molar-refractivity contribution in [3.63, 3.8) is 0 Å². The molecule has 0 aliphatic heterocycles. The van der Waals surface area contributed by atoms with Crippen molar-refractivity contribution in [1.82, 2.24) is 10.2 Å². The van der Waals surface area contributed by atoms with Crippen LogP contribution in [0.2, 0.25) is 0 Å². The molecule has 2 heteroatoms. The zero-order chi connectivity index (χ0) is 11.4. The molecule has 0 aromatic carbocycles. The molecule has 0 bridgehead atoms. The van der Waals surface area contributed by atoms with Crippen molar-refractivity contribution in [2.75, 3.05) is 19.6 Å². The second-order valence-electron chi connectivity index (χ2n) is 5.58. The lowest BCUT2D eigenvalue weighted by Crippen LogP contribution is -2.40. The van der Waals surface area contributed by atoms with Crippen molar-refractivity contribution in [1.29, 1.82) is 0 Å². The van der Waals surface area contributed by atoms with Crippen molar-refractivity contribution < 1.29 is 0 Å². The van der Waals surface area contributed by atoms with E-state index in [9.17, 15) is 0 Å². The van der Waals surface area contributed by atoms with Gasteiger partial charge in [0, 0.05) is 18.6 Å². The Balaban J connectivity index is 1.81. The molecule has 2 aliphatic rings. The molecule has 0 radical (unpaired) electrons. The van der Waals surface area contributed by atoms with Gasteiger partial charge in [0.05, 0.1) is 0 Å². The Morgan fingerprint density at radius 3 is 2.56 bits per heavy atom. The highest BCUT2D eigenvalue weighted by Gasteiger charge is 2.33. The van der Waals surface area contributed by atoms with Gasteiger partial charge in [-0.05, 0) is 51.1 Å². The van der Waals surface area contributed by atoms with Gasteiger partial charge in [-0.3, -0.25) is 0 Å². The van der Waals surface area contributed by atoms with Crippen LogP contribution in [0.1, 0.15) is 52.4 Å². The third kappa shape index (κ3) is 3.21. The normalized spacial score (nSPS) is 30.2. The molecule has 0 aromatic heterocycles. The van der Waals surface area contributed by atoms with Crippen LogP contribution in [0.3, 0.4) is 0 Å². The standard InChI is InChI=1S/C14H28N2/c1-3-10-16(13-8-9-13)11-12-6-5-7-14(12)15-4-2/h12-15H,3-11H2,1-2H3. The van der Waals surface area contributed by atoms with Crippen LogP contribution in [0.5, 0.6) is 0 Å². The second kappa shape index (κ2) is 6.02. The fourth-order valence-corrected chi connectivity index (χ4v) is 3.24. The molecule has 2 saturated carbocycles. The number of nitrogens with zero attached hydrogens (tertiary/aromatic N) is 1. The van der Waals surface area contributed by atoms with Crippen LogP contribution in [0.15, 0.2) is 0 Å². The fourth-order valence-electron chi connectivity index (χ4n) is 3.24. The molecule has 2 rings (SSSR count). The predicted octanol–water partition coefficient (Wildman–Crippen LogP) is 2.64. The number of nitrogens with one attached hydrogen (secondary N) is 1. The van der Waals surface area contributed by atoms with Gasteiger partial charge in [0.15, 0.2) is 0 Å². The summed E-state index contributed by atoms with van der Waals surface area (Å²) >= 11 is 0. The van der Waals surface area contributed by atoms with Gasteiger partial charge in [0.25, 0.3) is 0 Å². The molecule has 2 fully saturated rings. The summed E-state index contributed by atoms with van der Waals surface area (Å²) in [5.41, 5.74) is 0. The minimum Gasteiger partial charge on any atom is -0.314 e. The van der Waals surface area contributed by atoms with Crippen molar-refractivity contribution in [3.8, 4) is 0 Å². The summed E-state index contributed by atoms with van der Waals surface area (Å²) in [6.07, 6.45) is 8.52. The molecule has 0 spiro atoms. The van der Waals surface area contributed by atoms with E-state index in [1.54, 1.807) is 0 Å². The monoisotopic (exact) mass is 224 g/mol. The van der Waals surface area contributed by atoms with E-state index in [-0.39, 0.29) is 0 Å². The molecule has 0 amide bonds. The molecule has 0 heterocycles. The molecule has 2 nitrogen and oxygen atoms in total. The van der Waals surface area contributed by atoms with Crippen LogP contribution >= 0.6 is 0 Å². The molecule has 2 aliphatic carbocycles. The third-order valence-electron chi connectivity index (χ3n) is 4.17. The quantitative estimate of drug-likeness (QED) is 0.715. The highest BCUT2D eigenvalue weighted by atomic mass is 15.2. The average Bonchev–Trinajstić information content (AvgIpc) is 3.03. The van der Waals surface area contributed by atoms with Crippen molar-refractivity contribution in [3.05, 3.63) is 0 Å². The maximum absolute atomic E-state index is 3.67. The number of rotatable bonds is 7. The van der Waals surface area contributed by atoms with E-state index in [2.05, 4.69) is 24.1 Å². The van der Waals surface area contributed by atoms with Gasteiger partial charge in [-0.2, -0.15) is 0 Å². The average molecular weight is 224 g/mol. The van der Waals surface area contributed by atoms with E-state index in [4.69, 9.17) is 0 Å². The summed E-state index contributed by atoms with van der Waals surface area (Å²) in [5, 5.41) is 3.67. The summed E-state index contributed by atoms with van der Waals surface area (Å²) in [6.45, 7) is 8.36. The SMILES string of the molecule is CCCN(CC1CCCC1NCC)C1CC1. The minimum atomic E-state index is 0.808. The predicted molar refractivity (Wildman–Crippen MR) is 69.7 cm³/mol. The molecular formula is C14H28N2. The van der Waals surface area contributed by atoms with Gasteiger partial charge >= 0.3 is 0 Å². The second-order valence-corrected chi connectivity index (χ2v) is 5.58. The van der Waals surface area contributed by atoms with Crippen molar-refractivity contribution in [2.45, 2.75) is 64.5 Å². The fraction of sp³-hybridized carbons (Fsp3) is 1.00. The molecule has 2 atom stereocenters. The van der Waals surface area contributed by atoms with E-state index in [1.807, 2.05) is 0 Å². The van der Waals surface area contributed by atoms with E-state index >= 15 is 0 Å². The lowest BCUT2D eigenvalue weighted by molar-refractivity contribution is 0.205. The van der Waals surface area contributed by atoms with Crippen molar-refractivity contribution in [2.24, 2.45) is 5.92 Å². The molecular weight excluding hydrogens is 196 g/mol. The molecule has 94 valence electrons. The summed E-state index contributed by atoms with van der Waals surface area (Å²) in [6, 6.07) is 1.76. The smallest absolute Gasteiger partial charge is 0.0107 e. The topological polar surface area (TPSA) is 15.3 Å². The van der Waals surface area contributed by atoms with Gasteiger partial charge in [0.1, 0.15) is 0 Å². The van der Waals surface area contributed by atoms with Gasteiger partial charge in [-0.25, -0.2) is 0 Å². The molecule has 16 heavy (non-hydrogen) atoms. The summed E-state index contributed by atoms with van der Waals surface area (Å²) in [5.74, 6) is 0.923. The Labute approximate surface area is 101 Å². The molecule has 1 N–H and O–H groups in total. The van der Waals surface area contributed by atoms with E-state index in [1.165, 1.54) is 51.6 Å². The Morgan fingerprint density at radius 1 is 1.12 bits per heavy atom. The Bertz CT molecular complexity index is 201. The zero-order valence-electron chi connectivity index (χ0n) is 11.0. The lowest BCUT2D eigenvalue weighted by atomic mass is 10.0. The van der Waals surface area contributed by atoms with Gasteiger partial charge in [-0.1, -0.05) is 20.3 Å². The Hall–Kier alpha value is -0.0800. The highest BCUT2D eigenvalue weighted by molar-refractivity contribution is 4.90. The van der Waals surface area contributed by atoms with Crippen LogP contribution in [0.4, 0.5) is 0 Å². The maximum Gasteiger partial charge on any atom is 0.0107 e. The third-order valence-corrected chi connectivity index (χ3v) is 4.17. The largest absolute Gasteiger partial charge is 0.314 e. The van der Waals surface area contributed by atoms with Crippen LogP contribution in [-0.2, 0) is 0 Å². The number of hydrogen-bond acceptors (Lipinski definition) is 2. The zero-order valence-corrected chi connectivity index (χ0v) is 11.0. The van der Waals surface area contributed by atoms with Crippen molar-refractivity contribution >= 4 is 0 Å². The maximum atomic E-state index is 3.67. The Morgan fingerprint density at radius 2 is 1.94 bits per heavy atom. The summed E-state index contributed by atoms with van der Waals surface area (Å²) in [4.78, 5) is 2.76. The first-order valence-electron chi connectivity index (χ1n) is 7.32. The minimum absolute atomic E-state index is 0.808. The lowest BCUT2D eigenvalue weighted by Gasteiger charge is -2.28. The van der Waals surface area contributed by atoms with E-state index in [0.717, 1.165) is 24.5 Å². The van der Waals surface area contributed by atoms with E-state index in [0.29, 0.717) is 0 Å². The molecule has 0 saturated heterocycles. The highest BCUT2D eigenvalue weighted by Crippen LogP contribution is 2.32. The van der Waals surface area contributed by atoms with E-state index < -0.39 is 0 Å². The van der Waals surface area contributed by atoms with Gasteiger partial charge in [0.2, 0.25) is 0 Å². The summed E-state index contributed by atoms with van der Waals surface area (Å²) < 4.78 is 0. The summed E-state index contributed by atoms with van der Waals surface area (Å²) in [7, 11) is 0. The Kier molecular flexibility index (Phi) is 4.66. The first-order valence-corrected chi connectivity index (χ1v) is 7.32. The van der Waals surface area contributed by atoms with Crippen LogP contribution in [-0.4, -0.2) is 36.6 Å². The van der Waals surface area contributed by atoms with Gasteiger partial charge < -0.3 is 10.2 Å². The van der Waals surface area contributed by atoms with Crippen LogP contribution in [0.25, 0.3) is 0 Å². The van der Waals surface area contributed by atoms with Crippen LogP contribution < -0.4 is 5.32 Å².